The average Bonchev–Trinajstić information content (AvgIpc) is 1.67. The lowest BCUT2D eigenvalue weighted by Gasteiger charge is -2.03. The summed E-state index contributed by atoms with van der Waals surface area (Å²) >= 11 is 16.8. The van der Waals surface area contributed by atoms with E-state index in [0.717, 1.165) is 12.5 Å². The van der Waals surface area contributed by atoms with Crippen LogP contribution in [0.2, 0.25) is 6.04 Å². The predicted molar refractivity (Wildman–Crippen MR) is 43.6 cm³/mol. The second-order valence-corrected chi connectivity index (χ2v) is 7.61. The van der Waals surface area contributed by atoms with E-state index >= 15 is 0 Å². The first-order valence-electron chi connectivity index (χ1n) is 2.60. The summed E-state index contributed by atoms with van der Waals surface area (Å²) in [4.78, 5) is 0. The standard InChI is InChI=1S/C4H9Cl3Si/c1-2-3-8(7)4(5)6/h4,8H,2-3H2,1H3. The summed E-state index contributed by atoms with van der Waals surface area (Å²) in [6.45, 7) is 2.08. The number of hydrogen-bond acceptors (Lipinski definition) is 0. The van der Waals surface area contributed by atoms with Gasteiger partial charge in [0.05, 0.1) is 0 Å². The molecule has 0 nitrogen and oxygen atoms in total. The Balaban J connectivity index is 3.17. The molecule has 0 amide bonds. The van der Waals surface area contributed by atoms with Gasteiger partial charge in [-0.1, -0.05) is 13.3 Å². The third-order valence-electron chi connectivity index (χ3n) is 0.838. The second kappa shape index (κ2) is 4.92. The zero-order chi connectivity index (χ0) is 6.57. The summed E-state index contributed by atoms with van der Waals surface area (Å²) in [5.74, 6) is 0. The van der Waals surface area contributed by atoms with Gasteiger partial charge in [0, 0.05) is 0 Å². The molecule has 0 bridgehead atoms. The van der Waals surface area contributed by atoms with Gasteiger partial charge >= 0.3 is 0 Å². The molecule has 50 valence electrons. The van der Waals surface area contributed by atoms with Gasteiger partial charge in [-0.25, -0.2) is 0 Å². The van der Waals surface area contributed by atoms with Crippen LogP contribution < -0.4 is 0 Å². The van der Waals surface area contributed by atoms with Crippen LogP contribution in [0, 0.1) is 0 Å². The van der Waals surface area contributed by atoms with Crippen molar-refractivity contribution in [3.05, 3.63) is 0 Å². The Morgan fingerprint density at radius 2 is 2.00 bits per heavy atom. The molecule has 1 unspecified atom stereocenters. The lowest BCUT2D eigenvalue weighted by molar-refractivity contribution is 1.07. The van der Waals surface area contributed by atoms with Crippen molar-refractivity contribution < 1.29 is 0 Å². The molecule has 0 N–H and O–H groups in total. The Hall–Kier alpha value is 1.09. The first-order valence-corrected chi connectivity index (χ1v) is 6.71. The van der Waals surface area contributed by atoms with E-state index in [0.29, 0.717) is 0 Å². The van der Waals surface area contributed by atoms with E-state index in [1.54, 1.807) is 0 Å². The van der Waals surface area contributed by atoms with Gasteiger partial charge in [-0.3, -0.25) is 0 Å². The van der Waals surface area contributed by atoms with Gasteiger partial charge < -0.3 is 0 Å². The second-order valence-electron chi connectivity index (χ2n) is 1.64. The summed E-state index contributed by atoms with van der Waals surface area (Å²) in [6, 6.07) is 1.03. The van der Waals surface area contributed by atoms with E-state index in [1.165, 1.54) is 0 Å². The summed E-state index contributed by atoms with van der Waals surface area (Å²) in [6.07, 6.45) is 1.09. The summed E-state index contributed by atoms with van der Waals surface area (Å²) in [7, 11) is -1.27. The molecule has 0 aliphatic heterocycles. The molecule has 0 aliphatic carbocycles. The highest BCUT2D eigenvalue weighted by molar-refractivity contribution is 7.13. The van der Waals surface area contributed by atoms with Gasteiger partial charge in [0.2, 0.25) is 0 Å². The van der Waals surface area contributed by atoms with Crippen molar-refractivity contribution in [2.75, 3.05) is 0 Å². The molecule has 1 atom stereocenters. The summed E-state index contributed by atoms with van der Waals surface area (Å²) in [5, 5.41) is 0. The van der Waals surface area contributed by atoms with E-state index in [9.17, 15) is 0 Å². The van der Waals surface area contributed by atoms with Gasteiger partial charge in [-0.2, -0.15) is 11.1 Å². The molecule has 0 spiro atoms. The highest BCUT2D eigenvalue weighted by Gasteiger charge is 2.13. The quantitative estimate of drug-likeness (QED) is 0.366. The first-order chi connectivity index (χ1) is 3.68. The Kier molecular flexibility index (Phi) is 5.59. The lowest BCUT2D eigenvalue weighted by Crippen LogP contribution is -2.12. The fourth-order valence-electron chi connectivity index (χ4n) is 0.402. The highest BCUT2D eigenvalue weighted by Crippen LogP contribution is 2.14. The number of alkyl halides is 2. The minimum absolute atomic E-state index is 0.281. The van der Waals surface area contributed by atoms with Gasteiger partial charge in [-0.05, 0) is 6.04 Å². The zero-order valence-corrected chi connectivity index (χ0v) is 8.13. The Morgan fingerprint density at radius 1 is 1.50 bits per heavy atom. The molecule has 0 aliphatic rings. The van der Waals surface area contributed by atoms with Crippen molar-refractivity contribution >= 4 is 42.4 Å². The molecule has 8 heavy (non-hydrogen) atoms. The van der Waals surface area contributed by atoms with Crippen molar-refractivity contribution in [2.45, 2.75) is 23.8 Å². The molecule has 0 saturated heterocycles. The van der Waals surface area contributed by atoms with Crippen LogP contribution in [-0.2, 0) is 0 Å². The molecular weight excluding hydrogens is 182 g/mol. The smallest absolute Gasteiger partial charge is 0.168 e. The van der Waals surface area contributed by atoms with Gasteiger partial charge in [0.15, 0.2) is 8.11 Å². The van der Waals surface area contributed by atoms with Crippen molar-refractivity contribution in [1.82, 2.24) is 0 Å². The van der Waals surface area contributed by atoms with E-state index in [1.807, 2.05) is 0 Å². The monoisotopic (exact) mass is 190 g/mol. The van der Waals surface area contributed by atoms with E-state index in [-0.39, 0.29) is 4.46 Å². The van der Waals surface area contributed by atoms with Gasteiger partial charge in [-0.15, -0.1) is 23.2 Å². The maximum absolute atomic E-state index is 5.79. The van der Waals surface area contributed by atoms with E-state index in [2.05, 4.69) is 6.92 Å². The first kappa shape index (κ1) is 9.09. The Bertz CT molecular complexity index is 57.2. The SMILES string of the molecule is CCC[SiH](Cl)C(Cl)Cl. The molecule has 0 aromatic rings. The molecule has 0 aromatic heterocycles. The van der Waals surface area contributed by atoms with Crippen molar-refractivity contribution in [3.8, 4) is 0 Å². The van der Waals surface area contributed by atoms with Crippen molar-refractivity contribution in [1.29, 1.82) is 0 Å². The summed E-state index contributed by atoms with van der Waals surface area (Å²) in [5.41, 5.74) is 0. The van der Waals surface area contributed by atoms with Gasteiger partial charge in [0.1, 0.15) is 4.46 Å². The van der Waals surface area contributed by atoms with Crippen LogP contribution in [0.25, 0.3) is 0 Å². The van der Waals surface area contributed by atoms with Crippen LogP contribution in [0.15, 0.2) is 0 Å². The fourth-order valence-corrected chi connectivity index (χ4v) is 2.62. The molecule has 0 fully saturated rings. The molecular formula is C4H9Cl3Si. The molecule has 0 rings (SSSR count). The molecule has 4 heteroatoms. The third-order valence-corrected chi connectivity index (χ3v) is 6.52. The normalized spacial score (nSPS) is 14.6. The fraction of sp³-hybridized carbons (Fsp3) is 1.00. The maximum Gasteiger partial charge on any atom is 0.176 e. The van der Waals surface area contributed by atoms with Crippen LogP contribution in [-0.4, -0.2) is 12.6 Å². The molecule has 0 aromatic carbocycles. The lowest BCUT2D eigenvalue weighted by atomic mass is 10.6. The van der Waals surface area contributed by atoms with Crippen LogP contribution in [0.1, 0.15) is 13.3 Å². The summed E-state index contributed by atoms with van der Waals surface area (Å²) < 4.78 is -0.281. The van der Waals surface area contributed by atoms with Crippen LogP contribution in [0.3, 0.4) is 0 Å². The topological polar surface area (TPSA) is 0 Å². The number of rotatable bonds is 3. The zero-order valence-electron chi connectivity index (χ0n) is 4.70. The Morgan fingerprint density at radius 3 is 2.12 bits per heavy atom. The van der Waals surface area contributed by atoms with Crippen LogP contribution >= 0.6 is 34.3 Å². The predicted octanol–water partition coefficient (Wildman–Crippen LogP) is 2.70. The average molecular weight is 192 g/mol. The molecule has 0 heterocycles. The van der Waals surface area contributed by atoms with Gasteiger partial charge in [0.25, 0.3) is 0 Å². The third kappa shape index (κ3) is 4.01. The number of hydrogen-bond donors (Lipinski definition) is 0. The van der Waals surface area contributed by atoms with Crippen LogP contribution in [0.5, 0.6) is 0 Å². The maximum atomic E-state index is 5.79. The Labute approximate surface area is 66.4 Å². The van der Waals surface area contributed by atoms with Crippen LogP contribution in [0.4, 0.5) is 0 Å². The largest absolute Gasteiger partial charge is 0.176 e. The number of halogens is 3. The highest BCUT2D eigenvalue weighted by atomic mass is 35.6. The minimum Gasteiger partial charge on any atom is -0.168 e. The van der Waals surface area contributed by atoms with E-state index < -0.39 is 8.11 Å². The van der Waals surface area contributed by atoms with E-state index in [4.69, 9.17) is 34.3 Å². The minimum atomic E-state index is -1.27. The molecule has 0 saturated carbocycles. The van der Waals surface area contributed by atoms with Crippen molar-refractivity contribution in [2.24, 2.45) is 0 Å². The molecule has 0 radical (unpaired) electrons. The van der Waals surface area contributed by atoms with Crippen molar-refractivity contribution in [3.63, 3.8) is 0 Å².